The number of amides is 1. The van der Waals surface area contributed by atoms with Crippen molar-refractivity contribution in [2.45, 2.75) is 37.9 Å². The number of rotatable bonds is 5. The molecule has 7 heteroatoms. The van der Waals surface area contributed by atoms with Crippen molar-refractivity contribution < 1.29 is 13.2 Å². The molecule has 1 amide bonds. The Balaban J connectivity index is 1.90. The van der Waals surface area contributed by atoms with Gasteiger partial charge in [0.25, 0.3) is 10.0 Å². The number of benzene rings is 1. The normalized spacial score (nSPS) is 19.6. The maximum Gasteiger partial charge on any atom is 0.252 e. The number of nitrogens with zero attached hydrogens (tertiary/aromatic N) is 1. The SMILES string of the molecule is C=CC(=O)NC1C(C)(C)CN(S(=O)(=O)c2ccc(-c3ccccc3)s2)CC1(C)C. The van der Waals surface area contributed by atoms with Crippen molar-refractivity contribution in [3.63, 3.8) is 0 Å². The standard InChI is InChI=1S/C22H28N2O3S2/c1-6-18(25)23-20-21(2,3)14-24(15-22(20,4)5)29(26,27)19-13-12-17(28-19)16-10-8-7-9-11-16/h6-13,20H,1,14-15H2,2-5H3,(H,23,25). The molecule has 3 rings (SSSR count). The van der Waals surface area contributed by atoms with Crippen LogP contribution in [0.1, 0.15) is 27.7 Å². The van der Waals surface area contributed by atoms with E-state index in [1.54, 1.807) is 10.4 Å². The van der Waals surface area contributed by atoms with Crippen LogP contribution in [0.3, 0.4) is 0 Å². The highest BCUT2D eigenvalue weighted by Crippen LogP contribution is 2.43. The number of sulfonamides is 1. The molecule has 0 atom stereocenters. The molecule has 0 aliphatic carbocycles. The summed E-state index contributed by atoms with van der Waals surface area (Å²) in [6, 6.07) is 13.1. The van der Waals surface area contributed by atoms with Gasteiger partial charge in [-0.2, -0.15) is 4.31 Å². The molecule has 5 nitrogen and oxygen atoms in total. The summed E-state index contributed by atoms with van der Waals surface area (Å²) < 4.78 is 28.8. The van der Waals surface area contributed by atoms with Crippen molar-refractivity contribution in [3.8, 4) is 10.4 Å². The molecular weight excluding hydrogens is 404 g/mol. The van der Waals surface area contributed by atoms with Gasteiger partial charge in [0.1, 0.15) is 4.21 Å². The molecule has 2 heterocycles. The van der Waals surface area contributed by atoms with Gasteiger partial charge in [-0.1, -0.05) is 64.6 Å². The van der Waals surface area contributed by atoms with E-state index in [0.717, 1.165) is 10.4 Å². The van der Waals surface area contributed by atoms with Crippen molar-refractivity contribution >= 4 is 27.3 Å². The van der Waals surface area contributed by atoms with Gasteiger partial charge in [0, 0.05) is 24.0 Å². The molecule has 1 aliphatic heterocycles. The largest absolute Gasteiger partial charge is 0.349 e. The van der Waals surface area contributed by atoms with Gasteiger partial charge < -0.3 is 5.32 Å². The fourth-order valence-electron chi connectivity index (χ4n) is 4.31. The second-order valence-corrected chi connectivity index (χ2v) is 12.1. The van der Waals surface area contributed by atoms with Crippen LogP contribution in [0.25, 0.3) is 10.4 Å². The van der Waals surface area contributed by atoms with Crippen LogP contribution in [0.15, 0.2) is 59.3 Å². The average molecular weight is 433 g/mol. The Bertz CT molecular complexity index is 990. The van der Waals surface area contributed by atoms with Crippen LogP contribution in [-0.4, -0.2) is 37.8 Å². The predicted molar refractivity (Wildman–Crippen MR) is 118 cm³/mol. The van der Waals surface area contributed by atoms with E-state index in [0.29, 0.717) is 17.3 Å². The van der Waals surface area contributed by atoms with Crippen molar-refractivity contribution in [1.82, 2.24) is 9.62 Å². The van der Waals surface area contributed by atoms with Crippen molar-refractivity contribution in [2.24, 2.45) is 10.8 Å². The summed E-state index contributed by atoms with van der Waals surface area (Å²) in [4.78, 5) is 12.9. The van der Waals surface area contributed by atoms with Crippen LogP contribution < -0.4 is 5.32 Å². The first-order chi connectivity index (χ1) is 13.5. The lowest BCUT2D eigenvalue weighted by atomic mass is 9.67. The number of hydrogen-bond donors (Lipinski definition) is 1. The van der Waals surface area contributed by atoms with Crippen LogP contribution in [0.4, 0.5) is 0 Å². The second-order valence-electron chi connectivity index (χ2n) is 8.88. The first-order valence-corrected chi connectivity index (χ1v) is 11.8. The van der Waals surface area contributed by atoms with E-state index in [1.165, 1.54) is 17.4 Å². The van der Waals surface area contributed by atoms with Crippen LogP contribution in [0.5, 0.6) is 0 Å². The number of hydrogen-bond acceptors (Lipinski definition) is 4. The van der Waals surface area contributed by atoms with Gasteiger partial charge in [-0.15, -0.1) is 11.3 Å². The highest BCUT2D eigenvalue weighted by atomic mass is 32.2. The molecule has 0 spiro atoms. The minimum Gasteiger partial charge on any atom is -0.349 e. The highest BCUT2D eigenvalue weighted by molar-refractivity contribution is 7.91. The summed E-state index contributed by atoms with van der Waals surface area (Å²) in [6.45, 7) is 12.2. The summed E-state index contributed by atoms with van der Waals surface area (Å²) in [5, 5.41) is 3.01. The zero-order chi connectivity index (χ0) is 21.4. The van der Waals surface area contributed by atoms with Crippen molar-refractivity contribution in [3.05, 3.63) is 55.1 Å². The third-order valence-electron chi connectivity index (χ3n) is 5.44. The second kappa shape index (κ2) is 7.70. The molecule has 0 saturated carbocycles. The lowest BCUT2D eigenvalue weighted by Gasteiger charge is -2.52. The minimum atomic E-state index is -3.63. The van der Waals surface area contributed by atoms with Gasteiger partial charge in [-0.25, -0.2) is 8.42 Å². The minimum absolute atomic E-state index is 0.171. The molecule has 1 N–H and O–H groups in total. The zero-order valence-corrected chi connectivity index (χ0v) is 18.9. The fraction of sp³-hybridized carbons (Fsp3) is 0.409. The Morgan fingerprint density at radius 1 is 1.10 bits per heavy atom. The molecule has 1 aromatic heterocycles. The van der Waals surface area contributed by atoms with E-state index in [-0.39, 0.29) is 11.9 Å². The number of thiophene rings is 1. The molecule has 0 unspecified atom stereocenters. The number of carbonyl (C=O) groups excluding carboxylic acids is 1. The molecule has 0 radical (unpaired) electrons. The van der Waals surface area contributed by atoms with Gasteiger partial charge >= 0.3 is 0 Å². The van der Waals surface area contributed by atoms with E-state index in [9.17, 15) is 13.2 Å². The van der Waals surface area contributed by atoms with E-state index in [4.69, 9.17) is 0 Å². The lowest BCUT2D eigenvalue weighted by molar-refractivity contribution is -0.120. The maximum absolute atomic E-state index is 13.4. The summed E-state index contributed by atoms with van der Waals surface area (Å²) in [6.07, 6.45) is 1.26. The van der Waals surface area contributed by atoms with E-state index >= 15 is 0 Å². The van der Waals surface area contributed by atoms with Gasteiger partial charge in [0.05, 0.1) is 0 Å². The van der Waals surface area contributed by atoms with E-state index < -0.39 is 20.9 Å². The first-order valence-electron chi connectivity index (χ1n) is 9.56. The molecule has 29 heavy (non-hydrogen) atoms. The van der Waals surface area contributed by atoms with Crippen molar-refractivity contribution in [2.75, 3.05) is 13.1 Å². The average Bonchev–Trinajstić information content (AvgIpc) is 3.15. The smallest absolute Gasteiger partial charge is 0.252 e. The Kier molecular flexibility index (Phi) is 5.77. The molecule has 2 aromatic rings. The lowest BCUT2D eigenvalue weighted by Crippen LogP contribution is -2.64. The Labute approximate surface area is 177 Å². The van der Waals surface area contributed by atoms with Gasteiger partial charge in [-0.05, 0) is 34.6 Å². The van der Waals surface area contributed by atoms with Crippen LogP contribution in [-0.2, 0) is 14.8 Å². The molecule has 1 aromatic carbocycles. The Morgan fingerprint density at radius 3 is 2.24 bits per heavy atom. The molecule has 1 saturated heterocycles. The quantitative estimate of drug-likeness (QED) is 0.722. The van der Waals surface area contributed by atoms with Gasteiger partial charge in [0.15, 0.2) is 0 Å². The van der Waals surface area contributed by atoms with Crippen LogP contribution in [0, 0.1) is 10.8 Å². The monoisotopic (exact) mass is 432 g/mol. The number of nitrogens with one attached hydrogen (secondary N) is 1. The molecule has 1 aliphatic rings. The number of carbonyl (C=O) groups is 1. The topological polar surface area (TPSA) is 66.5 Å². The maximum atomic E-state index is 13.4. The highest BCUT2D eigenvalue weighted by Gasteiger charge is 2.50. The van der Waals surface area contributed by atoms with E-state index in [1.807, 2.05) is 64.1 Å². The Hall–Kier alpha value is -1.96. The third kappa shape index (κ3) is 4.32. The fourth-order valence-corrected chi connectivity index (χ4v) is 7.56. The van der Waals surface area contributed by atoms with Gasteiger partial charge in [0.2, 0.25) is 5.91 Å². The molecule has 0 bridgehead atoms. The van der Waals surface area contributed by atoms with Crippen LogP contribution >= 0.6 is 11.3 Å². The van der Waals surface area contributed by atoms with Crippen LogP contribution in [0.2, 0.25) is 0 Å². The van der Waals surface area contributed by atoms with Crippen molar-refractivity contribution in [1.29, 1.82) is 0 Å². The Morgan fingerprint density at radius 2 is 1.69 bits per heavy atom. The molecule has 1 fully saturated rings. The van der Waals surface area contributed by atoms with E-state index in [2.05, 4.69) is 11.9 Å². The van der Waals surface area contributed by atoms with Gasteiger partial charge in [-0.3, -0.25) is 4.79 Å². The zero-order valence-electron chi connectivity index (χ0n) is 17.3. The summed E-state index contributed by atoms with van der Waals surface area (Å²) in [5.74, 6) is -0.238. The summed E-state index contributed by atoms with van der Waals surface area (Å²) >= 11 is 1.29. The summed E-state index contributed by atoms with van der Waals surface area (Å²) in [7, 11) is -3.63. The summed E-state index contributed by atoms with van der Waals surface area (Å²) in [5.41, 5.74) is 0.130. The predicted octanol–water partition coefficient (Wildman–Crippen LogP) is 4.14. The molecular formula is C22H28N2O3S2. The molecule has 156 valence electrons. The first kappa shape index (κ1) is 21.7. The number of piperidine rings is 1. The third-order valence-corrected chi connectivity index (χ3v) is 8.83.